The summed E-state index contributed by atoms with van der Waals surface area (Å²) in [6, 6.07) is -0.332. The number of rotatable bonds is 0. The predicted molar refractivity (Wildman–Crippen MR) is 34.6 cm³/mol. The van der Waals surface area contributed by atoms with Crippen molar-refractivity contribution in [1.29, 1.82) is 0 Å². The maximum Gasteiger partial charge on any atom is 0.261 e. The van der Waals surface area contributed by atoms with E-state index >= 15 is 0 Å². The average molecular weight is 153 g/mol. The molecule has 8 heavy (non-hydrogen) atoms. The topological polar surface area (TPSA) is 22.0 Å². The van der Waals surface area contributed by atoms with Crippen molar-refractivity contribution >= 4 is 23.1 Å². The van der Waals surface area contributed by atoms with E-state index in [0.29, 0.717) is 0 Å². The summed E-state index contributed by atoms with van der Waals surface area (Å²) >= 11 is 6.18. The Hall–Kier alpha value is -0.280. The van der Waals surface area contributed by atoms with Crippen molar-refractivity contribution in [2.24, 2.45) is 7.00 Å². The van der Waals surface area contributed by atoms with Gasteiger partial charge in [0.1, 0.15) is 4.34 Å². The second-order valence-electron chi connectivity index (χ2n) is 1.12. The zero-order valence-corrected chi connectivity index (χ0v) is 5.29. The number of aromatic nitrogens is 1. The Morgan fingerprint density at radius 1 is 2.25 bits per heavy atom. The Morgan fingerprint density at radius 2 is 3.00 bits per heavy atom. The molecule has 1 rings (SSSR count). The molecule has 2 nitrogen and oxygen atoms in total. The lowest BCUT2D eigenvalue weighted by Gasteiger charge is -1.77. The summed E-state index contributed by atoms with van der Waals surface area (Å²) in [6.45, 7) is -1.41. The molecule has 0 spiro atoms. The van der Waals surface area contributed by atoms with Gasteiger partial charge in [-0.05, 0) is 11.5 Å². The van der Waals surface area contributed by atoms with Crippen LogP contribution in [0.15, 0.2) is 10.8 Å². The van der Waals surface area contributed by atoms with Crippen molar-refractivity contribution < 1.29 is 4.11 Å². The van der Waals surface area contributed by atoms with Gasteiger partial charge in [-0.2, -0.15) is 0 Å². The zero-order chi connectivity index (χ0) is 8.59. The molecule has 4 heteroatoms. The van der Waals surface area contributed by atoms with Gasteiger partial charge in [-0.25, -0.2) is 0 Å². The van der Waals surface area contributed by atoms with E-state index in [9.17, 15) is 4.79 Å². The van der Waals surface area contributed by atoms with Gasteiger partial charge in [0.2, 0.25) is 0 Å². The van der Waals surface area contributed by atoms with Gasteiger partial charge in [-0.15, -0.1) is 0 Å². The SMILES string of the molecule is [2H]c1c(Cl)sn(C([2H])[2H])c1=O. The van der Waals surface area contributed by atoms with Crippen LogP contribution in [-0.4, -0.2) is 3.96 Å². The fourth-order valence-electron chi connectivity index (χ4n) is 0.290. The van der Waals surface area contributed by atoms with Crippen LogP contribution in [-0.2, 0) is 7.00 Å². The van der Waals surface area contributed by atoms with E-state index in [1.165, 1.54) is 0 Å². The van der Waals surface area contributed by atoms with E-state index in [1.54, 1.807) is 0 Å². The largest absolute Gasteiger partial charge is 0.268 e. The van der Waals surface area contributed by atoms with Gasteiger partial charge in [-0.3, -0.25) is 8.75 Å². The molecule has 0 aliphatic rings. The van der Waals surface area contributed by atoms with E-state index < -0.39 is 12.6 Å². The van der Waals surface area contributed by atoms with Crippen LogP contribution in [0, 0.1) is 0 Å². The zero-order valence-electron chi connectivity index (χ0n) is 6.72. The molecule has 1 aromatic rings. The molecule has 0 fully saturated rings. The molecule has 0 aliphatic carbocycles. The smallest absolute Gasteiger partial charge is 0.261 e. The fraction of sp³-hybridized carbons (Fsp3) is 0.250. The highest BCUT2D eigenvalue weighted by molar-refractivity contribution is 7.11. The Morgan fingerprint density at radius 3 is 3.25 bits per heavy atom. The van der Waals surface area contributed by atoms with Gasteiger partial charge in [0.15, 0.2) is 0 Å². The summed E-state index contributed by atoms with van der Waals surface area (Å²) in [4.78, 5) is 10.9. The van der Waals surface area contributed by atoms with Gasteiger partial charge in [0.25, 0.3) is 5.56 Å². The Balaban J connectivity index is 3.30. The molecule has 0 atom stereocenters. The summed E-state index contributed by atoms with van der Waals surface area (Å²) in [6.07, 6.45) is 0. The molecule has 0 aliphatic heterocycles. The highest BCUT2D eigenvalue weighted by Crippen LogP contribution is 2.09. The van der Waals surface area contributed by atoms with Crippen LogP contribution < -0.4 is 5.56 Å². The van der Waals surface area contributed by atoms with Crippen molar-refractivity contribution in [3.05, 3.63) is 20.7 Å². The van der Waals surface area contributed by atoms with Gasteiger partial charge < -0.3 is 0 Å². The lowest BCUT2D eigenvalue weighted by atomic mass is 10.7. The minimum atomic E-state index is -1.41. The minimum Gasteiger partial charge on any atom is -0.268 e. The van der Waals surface area contributed by atoms with Gasteiger partial charge in [-0.1, -0.05) is 11.6 Å². The number of halogens is 1. The Labute approximate surface area is 59.7 Å². The maximum absolute atomic E-state index is 10.9. The molecule has 0 N–H and O–H groups in total. The predicted octanol–water partition coefficient (Wildman–Crippen LogP) is 1.10. The summed E-state index contributed by atoms with van der Waals surface area (Å²) in [5.41, 5.74) is -0.671. The first-order valence-corrected chi connectivity index (χ1v) is 2.91. The molecular formula is C4H4ClNOS. The molecule has 0 saturated heterocycles. The van der Waals surface area contributed by atoms with Crippen molar-refractivity contribution in [2.75, 3.05) is 0 Å². The summed E-state index contributed by atoms with van der Waals surface area (Å²) < 4.78 is 21.6. The van der Waals surface area contributed by atoms with E-state index in [4.69, 9.17) is 15.7 Å². The van der Waals surface area contributed by atoms with E-state index in [0.717, 1.165) is 15.5 Å². The van der Waals surface area contributed by atoms with Crippen LogP contribution in [0.5, 0.6) is 0 Å². The third-order valence-electron chi connectivity index (χ3n) is 0.584. The molecular weight excluding hydrogens is 146 g/mol. The first-order chi connectivity index (χ1) is 5.04. The van der Waals surface area contributed by atoms with Crippen molar-refractivity contribution in [3.8, 4) is 0 Å². The molecule has 1 heterocycles. The van der Waals surface area contributed by atoms with Gasteiger partial charge >= 0.3 is 0 Å². The van der Waals surface area contributed by atoms with E-state index in [-0.39, 0.29) is 10.4 Å². The number of hydrogen-bond donors (Lipinski definition) is 0. The molecule has 44 valence electrons. The molecule has 0 saturated carbocycles. The van der Waals surface area contributed by atoms with Crippen molar-refractivity contribution in [2.45, 2.75) is 0 Å². The second-order valence-corrected chi connectivity index (χ2v) is 2.71. The monoisotopic (exact) mass is 152 g/mol. The van der Waals surface area contributed by atoms with E-state index in [1.807, 2.05) is 0 Å². The molecule has 0 bridgehead atoms. The minimum absolute atomic E-state index is 0.0273. The molecule has 1 aromatic heterocycles. The first kappa shape index (κ1) is 3.03. The lowest BCUT2D eigenvalue weighted by molar-refractivity contribution is 0.981. The number of hydrogen-bond acceptors (Lipinski definition) is 2. The highest BCUT2D eigenvalue weighted by atomic mass is 35.5. The van der Waals surface area contributed by atoms with Crippen LogP contribution in [0.3, 0.4) is 0 Å². The first-order valence-electron chi connectivity index (χ1n) is 3.42. The third kappa shape index (κ3) is 0.928. The van der Waals surface area contributed by atoms with Gasteiger partial charge in [0.05, 0.1) is 1.37 Å². The average Bonchev–Trinajstić information content (AvgIpc) is 2.17. The van der Waals surface area contributed by atoms with Gasteiger partial charge in [0, 0.05) is 15.8 Å². The highest BCUT2D eigenvalue weighted by Gasteiger charge is 1.93. The molecule has 0 unspecified atom stereocenters. The lowest BCUT2D eigenvalue weighted by Crippen LogP contribution is -2.05. The number of nitrogens with zero attached hydrogens (tertiary/aromatic N) is 1. The van der Waals surface area contributed by atoms with Crippen molar-refractivity contribution in [3.63, 3.8) is 0 Å². The summed E-state index contributed by atoms with van der Waals surface area (Å²) in [5.74, 6) is 0. The third-order valence-corrected chi connectivity index (χ3v) is 1.51. The molecule has 0 amide bonds. The van der Waals surface area contributed by atoms with E-state index in [2.05, 4.69) is 0 Å². The summed E-state index contributed by atoms with van der Waals surface area (Å²) in [7, 11) is 0. The van der Waals surface area contributed by atoms with Crippen LogP contribution in [0.1, 0.15) is 4.11 Å². The normalized spacial score (nSPS) is 15.5. The number of aryl methyl sites for hydroxylation is 1. The fourth-order valence-corrected chi connectivity index (χ4v) is 1.03. The Bertz CT molecular complexity index is 320. The second kappa shape index (κ2) is 1.91. The Kier molecular flexibility index (Phi) is 0.726. The quantitative estimate of drug-likeness (QED) is 0.546. The van der Waals surface area contributed by atoms with Crippen LogP contribution in [0.25, 0.3) is 0 Å². The molecule has 0 aromatic carbocycles. The van der Waals surface area contributed by atoms with Crippen molar-refractivity contribution in [1.82, 2.24) is 3.96 Å². The molecule has 0 radical (unpaired) electrons. The summed E-state index contributed by atoms with van der Waals surface area (Å²) in [5, 5.41) is 0. The maximum atomic E-state index is 10.9. The van der Waals surface area contributed by atoms with Crippen LogP contribution >= 0.6 is 23.1 Å². The van der Waals surface area contributed by atoms with Crippen LogP contribution in [0.4, 0.5) is 0 Å². The van der Waals surface area contributed by atoms with Crippen LogP contribution in [0.2, 0.25) is 4.34 Å². The standard InChI is InChI=1S/C4H4ClNOS/c1-6-4(7)2-3(5)8-6/h2H,1H3/i1D2,2D.